The molecule has 0 fully saturated rings. The molecule has 3 heteroatoms. The fraction of sp³-hybridized carbons (Fsp3) is 0.308. The van der Waals surface area contributed by atoms with Crippen LogP contribution < -0.4 is 11.1 Å². The SMILES string of the molecule is C/C=C/CCNC(=O)C(N)c1ccccc1. The molecule has 0 bridgehead atoms. The molecule has 1 aromatic carbocycles. The highest BCUT2D eigenvalue weighted by Gasteiger charge is 2.13. The van der Waals surface area contributed by atoms with E-state index in [0.717, 1.165) is 12.0 Å². The number of amides is 1. The molecule has 0 aliphatic rings. The molecule has 0 heterocycles. The van der Waals surface area contributed by atoms with Crippen molar-refractivity contribution in [3.8, 4) is 0 Å². The lowest BCUT2D eigenvalue weighted by Crippen LogP contribution is -2.34. The first-order chi connectivity index (χ1) is 7.75. The Hall–Kier alpha value is -1.61. The molecule has 0 saturated carbocycles. The predicted octanol–water partition coefficient (Wildman–Crippen LogP) is 1.77. The first-order valence-electron chi connectivity index (χ1n) is 5.45. The van der Waals surface area contributed by atoms with E-state index >= 15 is 0 Å². The van der Waals surface area contributed by atoms with E-state index in [-0.39, 0.29) is 5.91 Å². The van der Waals surface area contributed by atoms with Gasteiger partial charge in [-0.25, -0.2) is 0 Å². The van der Waals surface area contributed by atoms with Gasteiger partial charge in [0.2, 0.25) is 5.91 Å². The molecule has 0 spiro atoms. The third-order valence-electron chi connectivity index (χ3n) is 2.29. The second-order valence-corrected chi connectivity index (χ2v) is 3.54. The van der Waals surface area contributed by atoms with Gasteiger partial charge in [-0.1, -0.05) is 42.5 Å². The van der Waals surface area contributed by atoms with Crippen molar-refractivity contribution in [1.82, 2.24) is 5.32 Å². The Labute approximate surface area is 96.3 Å². The van der Waals surface area contributed by atoms with Gasteiger partial charge < -0.3 is 11.1 Å². The van der Waals surface area contributed by atoms with Crippen molar-refractivity contribution in [2.45, 2.75) is 19.4 Å². The molecule has 0 aliphatic heterocycles. The van der Waals surface area contributed by atoms with Crippen LogP contribution >= 0.6 is 0 Å². The third-order valence-corrected chi connectivity index (χ3v) is 2.29. The molecule has 3 nitrogen and oxygen atoms in total. The van der Waals surface area contributed by atoms with Gasteiger partial charge in [-0.2, -0.15) is 0 Å². The summed E-state index contributed by atoms with van der Waals surface area (Å²) >= 11 is 0. The fourth-order valence-corrected chi connectivity index (χ4v) is 1.37. The molecular formula is C13H18N2O. The van der Waals surface area contributed by atoms with E-state index in [4.69, 9.17) is 5.73 Å². The number of allylic oxidation sites excluding steroid dienone is 1. The summed E-state index contributed by atoms with van der Waals surface area (Å²) in [6.45, 7) is 2.58. The molecule has 16 heavy (non-hydrogen) atoms. The number of rotatable bonds is 5. The minimum atomic E-state index is -0.577. The van der Waals surface area contributed by atoms with Crippen molar-refractivity contribution in [2.24, 2.45) is 5.73 Å². The smallest absolute Gasteiger partial charge is 0.241 e. The van der Waals surface area contributed by atoms with Crippen molar-refractivity contribution in [2.75, 3.05) is 6.54 Å². The quantitative estimate of drug-likeness (QED) is 0.584. The lowest BCUT2D eigenvalue weighted by molar-refractivity contribution is -0.122. The molecule has 1 unspecified atom stereocenters. The van der Waals surface area contributed by atoms with Crippen LogP contribution in [0.15, 0.2) is 42.5 Å². The zero-order valence-electron chi connectivity index (χ0n) is 9.52. The van der Waals surface area contributed by atoms with Crippen molar-refractivity contribution in [3.63, 3.8) is 0 Å². The second kappa shape index (κ2) is 6.80. The topological polar surface area (TPSA) is 55.1 Å². The third kappa shape index (κ3) is 3.87. The summed E-state index contributed by atoms with van der Waals surface area (Å²) in [6.07, 6.45) is 4.81. The van der Waals surface area contributed by atoms with Gasteiger partial charge in [0.25, 0.3) is 0 Å². The normalized spacial score (nSPS) is 12.6. The predicted molar refractivity (Wildman–Crippen MR) is 65.8 cm³/mol. The van der Waals surface area contributed by atoms with Gasteiger partial charge in [-0.15, -0.1) is 0 Å². The van der Waals surface area contributed by atoms with Gasteiger partial charge in [-0.3, -0.25) is 4.79 Å². The van der Waals surface area contributed by atoms with E-state index < -0.39 is 6.04 Å². The van der Waals surface area contributed by atoms with Crippen LogP contribution in [0, 0.1) is 0 Å². The van der Waals surface area contributed by atoms with E-state index in [0.29, 0.717) is 6.54 Å². The van der Waals surface area contributed by atoms with Crippen LogP contribution in [0.25, 0.3) is 0 Å². The highest BCUT2D eigenvalue weighted by molar-refractivity contribution is 5.82. The fourth-order valence-electron chi connectivity index (χ4n) is 1.37. The summed E-state index contributed by atoms with van der Waals surface area (Å²) in [4.78, 5) is 11.6. The van der Waals surface area contributed by atoms with E-state index in [2.05, 4.69) is 5.32 Å². The summed E-state index contributed by atoms with van der Waals surface area (Å²) in [5, 5.41) is 2.80. The summed E-state index contributed by atoms with van der Waals surface area (Å²) in [6, 6.07) is 8.80. The molecule has 1 amide bonds. The van der Waals surface area contributed by atoms with Gasteiger partial charge in [-0.05, 0) is 18.9 Å². The zero-order chi connectivity index (χ0) is 11.8. The molecule has 0 saturated heterocycles. The summed E-state index contributed by atoms with van der Waals surface area (Å²) < 4.78 is 0. The Bertz CT molecular complexity index is 346. The maximum absolute atomic E-state index is 11.6. The van der Waals surface area contributed by atoms with Crippen LogP contribution in [0.4, 0.5) is 0 Å². The van der Waals surface area contributed by atoms with Gasteiger partial charge in [0.15, 0.2) is 0 Å². The molecular weight excluding hydrogens is 200 g/mol. The first-order valence-corrected chi connectivity index (χ1v) is 5.45. The monoisotopic (exact) mass is 218 g/mol. The van der Waals surface area contributed by atoms with Crippen LogP contribution in [0.2, 0.25) is 0 Å². The number of benzene rings is 1. The standard InChI is InChI=1S/C13H18N2O/c1-2-3-7-10-15-13(16)12(14)11-8-5-4-6-9-11/h2-6,8-9,12H,7,10,14H2,1H3,(H,15,16)/b3-2+. The maximum Gasteiger partial charge on any atom is 0.241 e. The van der Waals surface area contributed by atoms with E-state index in [1.54, 1.807) is 0 Å². The van der Waals surface area contributed by atoms with Crippen molar-refractivity contribution in [3.05, 3.63) is 48.0 Å². The van der Waals surface area contributed by atoms with Gasteiger partial charge in [0, 0.05) is 6.54 Å². The molecule has 0 radical (unpaired) electrons. The molecule has 1 rings (SSSR count). The summed E-state index contributed by atoms with van der Waals surface area (Å²) in [5.41, 5.74) is 6.66. The number of hydrogen-bond acceptors (Lipinski definition) is 2. The molecule has 0 aromatic heterocycles. The summed E-state index contributed by atoms with van der Waals surface area (Å²) in [5.74, 6) is -0.129. The number of nitrogens with one attached hydrogen (secondary N) is 1. The second-order valence-electron chi connectivity index (χ2n) is 3.54. The maximum atomic E-state index is 11.6. The number of nitrogens with two attached hydrogens (primary N) is 1. The molecule has 1 atom stereocenters. The first kappa shape index (κ1) is 12.5. The number of carbonyl (C=O) groups is 1. The van der Waals surface area contributed by atoms with Gasteiger partial charge in [0.05, 0.1) is 0 Å². The Morgan fingerprint density at radius 3 is 2.75 bits per heavy atom. The average Bonchev–Trinajstić information content (AvgIpc) is 2.34. The van der Waals surface area contributed by atoms with E-state index in [1.165, 1.54) is 0 Å². The van der Waals surface area contributed by atoms with Crippen LogP contribution in [0.3, 0.4) is 0 Å². The van der Waals surface area contributed by atoms with Gasteiger partial charge >= 0.3 is 0 Å². The Morgan fingerprint density at radius 1 is 1.44 bits per heavy atom. The zero-order valence-corrected chi connectivity index (χ0v) is 9.52. The van der Waals surface area contributed by atoms with Crippen LogP contribution in [0.5, 0.6) is 0 Å². The molecule has 1 aromatic rings. The lowest BCUT2D eigenvalue weighted by atomic mass is 10.1. The number of carbonyl (C=O) groups excluding carboxylic acids is 1. The molecule has 86 valence electrons. The van der Waals surface area contributed by atoms with Crippen LogP contribution in [-0.2, 0) is 4.79 Å². The van der Waals surface area contributed by atoms with Crippen LogP contribution in [0.1, 0.15) is 24.9 Å². The largest absolute Gasteiger partial charge is 0.354 e. The highest BCUT2D eigenvalue weighted by atomic mass is 16.2. The molecule has 0 aliphatic carbocycles. The van der Waals surface area contributed by atoms with Crippen LogP contribution in [-0.4, -0.2) is 12.5 Å². The Kier molecular flexibility index (Phi) is 5.29. The van der Waals surface area contributed by atoms with Crippen molar-refractivity contribution in [1.29, 1.82) is 0 Å². The minimum Gasteiger partial charge on any atom is -0.354 e. The molecule has 3 N–H and O–H groups in total. The van der Waals surface area contributed by atoms with E-state index in [9.17, 15) is 4.79 Å². The summed E-state index contributed by atoms with van der Waals surface area (Å²) in [7, 11) is 0. The number of hydrogen-bond donors (Lipinski definition) is 2. The lowest BCUT2D eigenvalue weighted by Gasteiger charge is -2.11. The average molecular weight is 218 g/mol. The Morgan fingerprint density at radius 2 is 2.12 bits per heavy atom. The van der Waals surface area contributed by atoms with Crippen molar-refractivity contribution >= 4 is 5.91 Å². The van der Waals surface area contributed by atoms with Crippen molar-refractivity contribution < 1.29 is 4.79 Å². The highest BCUT2D eigenvalue weighted by Crippen LogP contribution is 2.08. The Balaban J connectivity index is 2.42. The van der Waals surface area contributed by atoms with E-state index in [1.807, 2.05) is 49.4 Å². The van der Waals surface area contributed by atoms with Gasteiger partial charge in [0.1, 0.15) is 6.04 Å². The minimum absolute atomic E-state index is 0.129.